The zero-order valence-corrected chi connectivity index (χ0v) is 14.2. The van der Waals surface area contributed by atoms with Crippen molar-refractivity contribution in [3.8, 4) is 5.75 Å². The van der Waals surface area contributed by atoms with E-state index in [0.29, 0.717) is 6.61 Å². The molecule has 3 aromatic carbocycles. The summed E-state index contributed by atoms with van der Waals surface area (Å²) in [4.78, 5) is 11.5. The van der Waals surface area contributed by atoms with Crippen molar-refractivity contribution in [3.63, 3.8) is 0 Å². The molecule has 0 aliphatic heterocycles. The molecule has 0 saturated heterocycles. The van der Waals surface area contributed by atoms with Crippen molar-refractivity contribution in [2.75, 3.05) is 6.61 Å². The quantitative estimate of drug-likeness (QED) is 0.500. The average Bonchev–Trinajstić information content (AvgIpc) is 2.60. The van der Waals surface area contributed by atoms with Crippen LogP contribution in [0.1, 0.15) is 24.2 Å². The van der Waals surface area contributed by atoms with Gasteiger partial charge in [-0.25, -0.2) is 4.79 Å². The topological polar surface area (TPSA) is 35.5 Å². The minimum Gasteiger partial charge on any atom is -0.494 e. The Kier molecular flexibility index (Phi) is 5.06. The van der Waals surface area contributed by atoms with Crippen molar-refractivity contribution < 1.29 is 14.3 Å². The highest BCUT2D eigenvalue weighted by Gasteiger charge is 2.20. The second-order valence-electron chi connectivity index (χ2n) is 5.33. The summed E-state index contributed by atoms with van der Waals surface area (Å²) in [6.45, 7) is 2.55. The van der Waals surface area contributed by atoms with Gasteiger partial charge in [-0.2, -0.15) is 0 Å². The Labute approximate surface area is 146 Å². The molecule has 0 fully saturated rings. The van der Waals surface area contributed by atoms with Crippen molar-refractivity contribution >= 4 is 28.7 Å². The molecule has 4 heteroatoms. The first-order valence-corrected chi connectivity index (χ1v) is 8.23. The molecule has 0 bridgehead atoms. The summed E-state index contributed by atoms with van der Waals surface area (Å²) in [6.07, 6.45) is -0.517. The number of ether oxygens (including phenoxy) is 2. The summed E-state index contributed by atoms with van der Waals surface area (Å²) in [5.41, 5.74) is 1.80. The maximum absolute atomic E-state index is 11.5. The Balaban J connectivity index is 2.07. The number of carbonyl (C=O) groups is 1. The first-order chi connectivity index (χ1) is 11.7. The predicted molar refractivity (Wildman–Crippen MR) is 98.9 cm³/mol. The molecule has 0 amide bonds. The van der Waals surface area contributed by atoms with Gasteiger partial charge in [0.1, 0.15) is 5.75 Å². The number of benzene rings is 3. The second-order valence-corrected chi connectivity index (χ2v) is 5.70. The Morgan fingerprint density at radius 2 is 1.71 bits per heavy atom. The molecule has 3 aromatic rings. The molecule has 0 spiro atoms. The van der Waals surface area contributed by atoms with Crippen LogP contribution in [0.4, 0.5) is 4.79 Å². The molecule has 24 heavy (non-hydrogen) atoms. The molecule has 0 aliphatic carbocycles. The Morgan fingerprint density at radius 3 is 2.42 bits per heavy atom. The van der Waals surface area contributed by atoms with Crippen molar-refractivity contribution in [1.82, 2.24) is 0 Å². The summed E-state index contributed by atoms with van der Waals surface area (Å²) in [5, 5.41) is 1.54. The molecule has 3 nitrogen and oxygen atoms in total. The fourth-order valence-electron chi connectivity index (χ4n) is 2.80. The molecule has 0 radical (unpaired) electrons. The molecule has 122 valence electrons. The van der Waals surface area contributed by atoms with Gasteiger partial charge in [0, 0.05) is 5.56 Å². The summed E-state index contributed by atoms with van der Waals surface area (Å²) in [5.74, 6) is 0.787. The highest BCUT2D eigenvalue weighted by atomic mass is 32.1. The number of carbonyl (C=O) groups excluding carboxylic acids is 1. The average molecular weight is 338 g/mol. The van der Waals surface area contributed by atoms with Crippen LogP contribution in [0, 0.1) is 0 Å². The molecular weight excluding hydrogens is 320 g/mol. The van der Waals surface area contributed by atoms with E-state index in [2.05, 4.69) is 12.6 Å². The molecule has 1 atom stereocenters. The molecule has 0 aliphatic rings. The van der Waals surface area contributed by atoms with Gasteiger partial charge in [0.2, 0.25) is 0 Å². The normalized spacial score (nSPS) is 11.9. The number of fused-ring (bicyclic) bond motifs is 1. The maximum atomic E-state index is 11.5. The van der Waals surface area contributed by atoms with E-state index >= 15 is 0 Å². The van der Waals surface area contributed by atoms with Crippen molar-refractivity contribution in [3.05, 3.63) is 77.9 Å². The van der Waals surface area contributed by atoms with Gasteiger partial charge in [-0.15, -0.1) is 0 Å². The molecule has 3 rings (SSSR count). The lowest BCUT2D eigenvalue weighted by Gasteiger charge is -2.20. The second kappa shape index (κ2) is 7.41. The SMILES string of the molecule is CCOc1ccc(C(OC(=O)S)c2cccc3ccccc23)cc1. The highest BCUT2D eigenvalue weighted by molar-refractivity contribution is 7.96. The third-order valence-electron chi connectivity index (χ3n) is 3.82. The van der Waals surface area contributed by atoms with Crippen LogP contribution in [-0.2, 0) is 4.74 Å². The van der Waals surface area contributed by atoms with E-state index in [9.17, 15) is 4.79 Å². The van der Waals surface area contributed by atoms with E-state index in [-0.39, 0.29) is 0 Å². The van der Waals surface area contributed by atoms with Crippen LogP contribution in [0.15, 0.2) is 66.7 Å². The smallest absolute Gasteiger partial charge is 0.365 e. The molecular formula is C20H18O3S. The first-order valence-electron chi connectivity index (χ1n) is 7.79. The number of thiol groups is 1. The van der Waals surface area contributed by atoms with Gasteiger partial charge < -0.3 is 9.47 Å². The van der Waals surface area contributed by atoms with Gasteiger partial charge in [0.25, 0.3) is 0 Å². The number of hydrogen-bond acceptors (Lipinski definition) is 3. The Bertz CT molecular complexity index is 838. The fourth-order valence-corrected chi connectivity index (χ4v) is 2.90. The summed E-state index contributed by atoms with van der Waals surface area (Å²) in [7, 11) is 0. The largest absolute Gasteiger partial charge is 0.494 e. The van der Waals surface area contributed by atoms with Gasteiger partial charge in [-0.05, 0) is 35.4 Å². The lowest BCUT2D eigenvalue weighted by atomic mass is 9.95. The summed E-state index contributed by atoms with van der Waals surface area (Å²) < 4.78 is 11.0. The minimum absolute atomic E-state index is 0.517. The zero-order valence-electron chi connectivity index (χ0n) is 13.3. The minimum atomic E-state index is -0.609. The monoisotopic (exact) mass is 338 g/mol. The van der Waals surface area contributed by atoms with Gasteiger partial charge in [0.05, 0.1) is 6.61 Å². The fraction of sp³-hybridized carbons (Fsp3) is 0.150. The molecule has 0 N–H and O–H groups in total. The lowest BCUT2D eigenvalue weighted by Crippen LogP contribution is -2.08. The van der Waals surface area contributed by atoms with Crippen molar-refractivity contribution in [1.29, 1.82) is 0 Å². The van der Waals surface area contributed by atoms with E-state index < -0.39 is 11.4 Å². The molecule has 0 heterocycles. The van der Waals surface area contributed by atoms with Crippen molar-refractivity contribution in [2.45, 2.75) is 13.0 Å². The van der Waals surface area contributed by atoms with E-state index in [4.69, 9.17) is 9.47 Å². The van der Waals surface area contributed by atoms with Crippen LogP contribution in [0.5, 0.6) is 5.75 Å². The Hall–Kier alpha value is -2.46. The predicted octanol–water partition coefficient (Wildman–Crippen LogP) is 5.39. The van der Waals surface area contributed by atoms with Crippen LogP contribution in [0.3, 0.4) is 0 Å². The third kappa shape index (κ3) is 3.54. The van der Waals surface area contributed by atoms with Crippen LogP contribution in [0.2, 0.25) is 0 Å². The van der Waals surface area contributed by atoms with Crippen LogP contribution >= 0.6 is 12.6 Å². The third-order valence-corrected chi connectivity index (χ3v) is 3.92. The van der Waals surface area contributed by atoms with Crippen LogP contribution in [0.25, 0.3) is 10.8 Å². The van der Waals surface area contributed by atoms with Gasteiger partial charge in [-0.1, -0.05) is 67.2 Å². The van der Waals surface area contributed by atoms with E-state index in [1.807, 2.05) is 73.7 Å². The maximum Gasteiger partial charge on any atom is 0.365 e. The van der Waals surface area contributed by atoms with Gasteiger partial charge in [-0.3, -0.25) is 0 Å². The first kappa shape index (κ1) is 16.4. The van der Waals surface area contributed by atoms with E-state index in [0.717, 1.165) is 27.6 Å². The van der Waals surface area contributed by atoms with Crippen molar-refractivity contribution in [2.24, 2.45) is 0 Å². The zero-order chi connectivity index (χ0) is 16.9. The Morgan fingerprint density at radius 1 is 1.00 bits per heavy atom. The summed E-state index contributed by atoms with van der Waals surface area (Å²) >= 11 is 3.80. The molecule has 1 unspecified atom stereocenters. The highest BCUT2D eigenvalue weighted by Crippen LogP contribution is 2.33. The number of rotatable bonds is 5. The summed E-state index contributed by atoms with van der Waals surface area (Å²) in [6, 6.07) is 21.6. The van der Waals surface area contributed by atoms with Gasteiger partial charge >= 0.3 is 5.30 Å². The lowest BCUT2D eigenvalue weighted by molar-refractivity contribution is 0.145. The van der Waals surface area contributed by atoms with Crippen LogP contribution < -0.4 is 4.74 Å². The number of hydrogen-bond donors (Lipinski definition) is 1. The van der Waals surface area contributed by atoms with E-state index in [1.165, 1.54) is 0 Å². The van der Waals surface area contributed by atoms with Gasteiger partial charge in [0.15, 0.2) is 6.10 Å². The van der Waals surface area contributed by atoms with E-state index in [1.54, 1.807) is 0 Å². The van der Waals surface area contributed by atoms with Crippen LogP contribution in [-0.4, -0.2) is 11.9 Å². The standard InChI is InChI=1S/C20H18O3S/c1-2-22-16-12-10-15(11-13-16)19(23-20(21)24)18-9-5-7-14-6-3-4-8-17(14)18/h3-13,19H,2H2,1H3,(H,21,24). The molecule has 0 aromatic heterocycles. The molecule has 0 saturated carbocycles.